The lowest BCUT2D eigenvalue weighted by Gasteiger charge is -2.36. The summed E-state index contributed by atoms with van der Waals surface area (Å²) >= 11 is 6.21. The third-order valence-electron chi connectivity index (χ3n) is 7.26. The van der Waals surface area contributed by atoms with Crippen LogP contribution in [-0.4, -0.2) is 40.1 Å². The zero-order chi connectivity index (χ0) is 26.0. The van der Waals surface area contributed by atoms with Crippen molar-refractivity contribution in [1.82, 2.24) is 15.6 Å². The summed E-state index contributed by atoms with van der Waals surface area (Å²) in [6, 6.07) is 8.14. The number of nitrogens with one attached hydrogen (secondary N) is 3. The molecule has 3 aromatic rings. The van der Waals surface area contributed by atoms with Crippen LogP contribution in [0.5, 0.6) is 0 Å². The first-order valence-electron chi connectivity index (χ1n) is 12.1. The van der Waals surface area contributed by atoms with E-state index in [1.54, 1.807) is 12.1 Å². The quantitative estimate of drug-likeness (QED) is 0.329. The number of aryl methyl sites for hydroxylation is 1. The molecule has 0 fully saturated rings. The molecule has 2 aromatic carbocycles. The largest absolute Gasteiger partial charge is 0.479 e. The molecule has 9 heteroatoms. The van der Waals surface area contributed by atoms with Crippen LogP contribution in [0.15, 0.2) is 36.4 Å². The molecule has 36 heavy (non-hydrogen) atoms. The van der Waals surface area contributed by atoms with E-state index in [2.05, 4.69) is 15.6 Å². The third-order valence-corrected chi connectivity index (χ3v) is 7.56. The van der Waals surface area contributed by atoms with E-state index < -0.39 is 29.3 Å². The summed E-state index contributed by atoms with van der Waals surface area (Å²) in [6.45, 7) is 4.38. The fourth-order valence-electron chi connectivity index (χ4n) is 4.94. The summed E-state index contributed by atoms with van der Waals surface area (Å²) in [4.78, 5) is 29.2. The molecule has 192 valence electrons. The van der Waals surface area contributed by atoms with Gasteiger partial charge in [-0.15, -0.1) is 0 Å². The minimum atomic E-state index is -1.53. The molecule has 3 atom stereocenters. The number of hydrogen-bond acceptors (Lipinski definition) is 3. The highest BCUT2D eigenvalue weighted by Gasteiger charge is 2.45. The van der Waals surface area contributed by atoms with Gasteiger partial charge in [0.05, 0.1) is 16.6 Å². The Hall–Kier alpha value is -2.97. The van der Waals surface area contributed by atoms with Gasteiger partial charge in [-0.25, -0.2) is 13.6 Å². The second-order valence-electron chi connectivity index (χ2n) is 9.64. The Morgan fingerprint density at radius 3 is 2.58 bits per heavy atom. The number of carboxylic acids is 1. The second kappa shape index (κ2) is 10.6. The van der Waals surface area contributed by atoms with Crippen molar-refractivity contribution in [3.63, 3.8) is 0 Å². The van der Waals surface area contributed by atoms with Gasteiger partial charge in [-0.05, 0) is 67.1 Å². The molecule has 1 heterocycles. The number of carboxylic acid groups (broad SMARTS) is 1. The van der Waals surface area contributed by atoms with Gasteiger partial charge in [0.25, 0.3) is 0 Å². The van der Waals surface area contributed by atoms with Gasteiger partial charge >= 0.3 is 5.97 Å². The molecule has 1 amide bonds. The number of aliphatic carboxylic acids is 1. The third kappa shape index (κ3) is 5.25. The van der Waals surface area contributed by atoms with Gasteiger partial charge in [-0.2, -0.15) is 0 Å². The van der Waals surface area contributed by atoms with Crippen LogP contribution in [0.2, 0.25) is 5.02 Å². The Morgan fingerprint density at radius 2 is 1.92 bits per heavy atom. The summed E-state index contributed by atoms with van der Waals surface area (Å²) in [7, 11) is 0. The summed E-state index contributed by atoms with van der Waals surface area (Å²) < 4.78 is 27.3. The molecule has 4 rings (SSSR count). The molecule has 0 aliphatic heterocycles. The highest BCUT2D eigenvalue weighted by atomic mass is 35.5. The van der Waals surface area contributed by atoms with E-state index in [1.165, 1.54) is 24.3 Å². The number of aromatic amines is 1. The maximum atomic E-state index is 14.1. The number of halogens is 3. The second-order valence-corrected chi connectivity index (χ2v) is 10.0. The van der Waals surface area contributed by atoms with Gasteiger partial charge in [-0.3, -0.25) is 4.79 Å². The minimum Gasteiger partial charge on any atom is -0.479 e. The van der Waals surface area contributed by atoms with E-state index in [4.69, 9.17) is 11.6 Å². The molecule has 1 aromatic heterocycles. The van der Waals surface area contributed by atoms with Crippen molar-refractivity contribution < 1.29 is 23.5 Å². The van der Waals surface area contributed by atoms with Gasteiger partial charge < -0.3 is 20.7 Å². The number of carbonyl (C=O) groups excluding carboxylic acids is 1. The molecule has 4 N–H and O–H groups in total. The Kier molecular flexibility index (Phi) is 7.66. The normalized spacial score (nSPS) is 19.0. The summed E-state index contributed by atoms with van der Waals surface area (Å²) in [5.41, 5.74) is 1.43. The van der Waals surface area contributed by atoms with Gasteiger partial charge in [0.2, 0.25) is 5.91 Å². The Bertz CT molecular complexity index is 1280. The Balaban J connectivity index is 1.54. The minimum absolute atomic E-state index is 0.0198. The molecule has 0 saturated heterocycles. The topological polar surface area (TPSA) is 94.2 Å². The molecule has 2 unspecified atom stereocenters. The standard InChI is InChI=1S/C27H30ClF2N3O3/c1-3-15(2)23(31-11-9-16-4-6-17(29)7-5-16)25(34)33-27(26(35)36)10-8-22-20(14-27)19-12-18(30)13-21(28)24(19)32-22/h4-7,12-13,15,23,31-32H,3,8-11,14H2,1-2H3,(H,33,34)(H,35,36)/t15?,23?,27-/m1/s1. The predicted octanol–water partition coefficient (Wildman–Crippen LogP) is 4.77. The van der Waals surface area contributed by atoms with E-state index in [9.17, 15) is 23.5 Å². The van der Waals surface area contributed by atoms with Crippen LogP contribution in [0.3, 0.4) is 0 Å². The molecule has 0 bridgehead atoms. The first-order chi connectivity index (χ1) is 17.1. The molecular weight excluding hydrogens is 488 g/mol. The number of aromatic nitrogens is 1. The first kappa shape index (κ1) is 26.1. The van der Waals surface area contributed by atoms with E-state index in [1.807, 2.05) is 13.8 Å². The first-order valence-corrected chi connectivity index (χ1v) is 12.5. The van der Waals surface area contributed by atoms with Crippen LogP contribution in [0, 0.1) is 17.6 Å². The number of amides is 1. The molecule has 1 aliphatic rings. The predicted molar refractivity (Wildman–Crippen MR) is 135 cm³/mol. The average Bonchev–Trinajstić information content (AvgIpc) is 3.20. The zero-order valence-corrected chi connectivity index (χ0v) is 21.0. The van der Waals surface area contributed by atoms with Crippen molar-refractivity contribution >= 4 is 34.4 Å². The molecule has 0 saturated carbocycles. The van der Waals surface area contributed by atoms with Crippen LogP contribution in [0.25, 0.3) is 10.9 Å². The van der Waals surface area contributed by atoms with Crippen molar-refractivity contribution in [1.29, 1.82) is 0 Å². The van der Waals surface area contributed by atoms with Crippen molar-refractivity contribution in [2.24, 2.45) is 5.92 Å². The number of rotatable bonds is 9. The maximum Gasteiger partial charge on any atom is 0.329 e. The summed E-state index contributed by atoms with van der Waals surface area (Å²) in [5.74, 6) is -2.39. The fourth-order valence-corrected chi connectivity index (χ4v) is 5.19. The van der Waals surface area contributed by atoms with Gasteiger partial charge in [0.15, 0.2) is 0 Å². The van der Waals surface area contributed by atoms with Crippen LogP contribution in [-0.2, 0) is 28.9 Å². The highest BCUT2D eigenvalue weighted by Crippen LogP contribution is 2.37. The molecule has 6 nitrogen and oxygen atoms in total. The summed E-state index contributed by atoms with van der Waals surface area (Å²) in [5, 5.41) is 17.1. The molecule has 1 aliphatic carbocycles. The Morgan fingerprint density at radius 1 is 1.19 bits per heavy atom. The van der Waals surface area contributed by atoms with Crippen molar-refractivity contribution in [2.45, 2.75) is 57.5 Å². The zero-order valence-electron chi connectivity index (χ0n) is 20.3. The number of H-pyrrole nitrogens is 1. The highest BCUT2D eigenvalue weighted by molar-refractivity contribution is 6.35. The fraction of sp³-hybridized carbons (Fsp3) is 0.407. The lowest BCUT2D eigenvalue weighted by atomic mass is 9.79. The van der Waals surface area contributed by atoms with Gasteiger partial charge in [0.1, 0.15) is 17.2 Å². The number of carbonyl (C=O) groups is 2. The van der Waals surface area contributed by atoms with Crippen LogP contribution >= 0.6 is 11.6 Å². The van der Waals surface area contributed by atoms with Gasteiger partial charge in [-0.1, -0.05) is 44.0 Å². The smallest absolute Gasteiger partial charge is 0.329 e. The number of fused-ring (bicyclic) bond motifs is 3. The SMILES string of the molecule is CCC(C)C(NCCc1ccc(F)cc1)C(=O)N[C@]1(C(=O)O)CCc2[nH]c3c(Cl)cc(F)cc3c2C1. The lowest BCUT2D eigenvalue weighted by molar-refractivity contribution is -0.148. The molecular formula is C27H30ClF2N3O3. The molecule has 0 radical (unpaired) electrons. The van der Waals surface area contributed by atoms with Crippen molar-refractivity contribution in [3.05, 3.63) is 69.9 Å². The number of hydrogen-bond donors (Lipinski definition) is 4. The maximum absolute atomic E-state index is 14.1. The van der Waals surface area contributed by atoms with E-state index in [0.29, 0.717) is 42.3 Å². The van der Waals surface area contributed by atoms with Gasteiger partial charge in [0, 0.05) is 17.5 Å². The molecule has 0 spiro atoms. The van der Waals surface area contributed by atoms with Crippen molar-refractivity contribution in [2.75, 3.05) is 6.54 Å². The average molecular weight is 518 g/mol. The van der Waals surface area contributed by atoms with Crippen molar-refractivity contribution in [3.8, 4) is 0 Å². The van der Waals surface area contributed by atoms with Crippen LogP contribution < -0.4 is 10.6 Å². The number of benzene rings is 2. The Labute approximate surface area is 213 Å². The lowest BCUT2D eigenvalue weighted by Crippen LogP contribution is -2.62. The van der Waals surface area contributed by atoms with E-state index in [-0.39, 0.29) is 29.6 Å². The van der Waals surface area contributed by atoms with Crippen LogP contribution in [0.1, 0.15) is 43.5 Å². The monoisotopic (exact) mass is 517 g/mol. The van der Waals surface area contributed by atoms with E-state index in [0.717, 1.165) is 11.3 Å². The van der Waals surface area contributed by atoms with E-state index >= 15 is 0 Å². The van der Waals surface area contributed by atoms with Crippen LogP contribution in [0.4, 0.5) is 8.78 Å². The summed E-state index contributed by atoms with van der Waals surface area (Å²) in [6.07, 6.45) is 1.89.